The van der Waals surface area contributed by atoms with Crippen LogP contribution in [-0.4, -0.2) is 75.4 Å². The lowest BCUT2D eigenvalue weighted by molar-refractivity contribution is -0.0137. The van der Waals surface area contributed by atoms with E-state index in [1.54, 1.807) is 0 Å². The number of nitrogens with one attached hydrogen (secondary N) is 1. The normalized spacial score (nSPS) is 18.9. The van der Waals surface area contributed by atoms with Crippen LogP contribution in [-0.2, 0) is 11.3 Å². The number of nitrogens with zero attached hydrogens (tertiary/aromatic N) is 3. The number of rotatable bonds is 7. The fraction of sp³-hybridized carbons (Fsp3) is 0.632. The van der Waals surface area contributed by atoms with E-state index in [0.717, 1.165) is 44.5 Å². The van der Waals surface area contributed by atoms with Crippen LogP contribution in [0.15, 0.2) is 29.3 Å². The average Bonchev–Trinajstić information content (AvgIpc) is 2.60. The number of morpholine rings is 1. The van der Waals surface area contributed by atoms with E-state index in [-0.39, 0.29) is 6.10 Å². The topological polar surface area (TPSA) is 49.3 Å². The van der Waals surface area contributed by atoms with E-state index in [1.807, 2.05) is 19.1 Å². The van der Waals surface area contributed by atoms with Gasteiger partial charge in [-0.1, -0.05) is 12.1 Å². The fourth-order valence-electron chi connectivity index (χ4n) is 2.84. The molecule has 1 aliphatic rings. The van der Waals surface area contributed by atoms with Gasteiger partial charge in [0.2, 0.25) is 0 Å². The van der Waals surface area contributed by atoms with Crippen molar-refractivity contribution in [3.8, 4) is 5.75 Å². The summed E-state index contributed by atoms with van der Waals surface area (Å²) < 4.78 is 11.3. The predicted octanol–water partition coefficient (Wildman–Crippen LogP) is 1.81. The standard InChI is InChI=1S/C19H32N4O2/c1-5-20-19(21-13-18-15-22(3)11-12-25-18)23(4)14-16-7-9-17(10-8-16)24-6-2/h7-10,18H,5-6,11-15H2,1-4H3,(H,20,21). The lowest BCUT2D eigenvalue weighted by Gasteiger charge is -2.29. The van der Waals surface area contributed by atoms with Crippen molar-refractivity contribution in [2.75, 3.05) is 53.5 Å². The van der Waals surface area contributed by atoms with Crippen molar-refractivity contribution in [3.63, 3.8) is 0 Å². The molecule has 2 rings (SSSR count). The summed E-state index contributed by atoms with van der Waals surface area (Å²) >= 11 is 0. The van der Waals surface area contributed by atoms with Gasteiger partial charge in [0.1, 0.15) is 5.75 Å². The molecule has 1 aliphatic heterocycles. The summed E-state index contributed by atoms with van der Waals surface area (Å²) in [6, 6.07) is 8.24. The van der Waals surface area contributed by atoms with Crippen molar-refractivity contribution in [1.82, 2.24) is 15.1 Å². The molecule has 6 heteroatoms. The van der Waals surface area contributed by atoms with Crippen LogP contribution < -0.4 is 10.1 Å². The molecule has 0 bridgehead atoms. The molecular weight excluding hydrogens is 316 g/mol. The third-order valence-corrected chi connectivity index (χ3v) is 4.14. The Hall–Kier alpha value is -1.79. The van der Waals surface area contributed by atoms with E-state index in [1.165, 1.54) is 5.56 Å². The molecule has 6 nitrogen and oxygen atoms in total. The molecule has 1 aromatic rings. The molecule has 140 valence electrons. The summed E-state index contributed by atoms with van der Waals surface area (Å²) in [7, 11) is 4.19. The quantitative estimate of drug-likeness (QED) is 0.602. The first-order valence-corrected chi connectivity index (χ1v) is 9.13. The summed E-state index contributed by atoms with van der Waals surface area (Å²) in [6.07, 6.45) is 0.172. The van der Waals surface area contributed by atoms with Gasteiger partial charge in [-0.25, -0.2) is 0 Å². The Morgan fingerprint density at radius 1 is 1.36 bits per heavy atom. The molecule has 0 amide bonds. The number of hydrogen-bond acceptors (Lipinski definition) is 4. The minimum absolute atomic E-state index is 0.172. The maximum atomic E-state index is 5.80. The summed E-state index contributed by atoms with van der Waals surface area (Å²) in [5, 5.41) is 3.37. The summed E-state index contributed by atoms with van der Waals surface area (Å²) in [5.74, 6) is 1.82. The van der Waals surface area contributed by atoms with Gasteiger partial charge in [-0.2, -0.15) is 0 Å². The van der Waals surface area contributed by atoms with Gasteiger partial charge in [0.15, 0.2) is 5.96 Å². The lowest BCUT2D eigenvalue weighted by atomic mass is 10.2. The average molecular weight is 348 g/mol. The molecule has 0 spiro atoms. The molecule has 0 aliphatic carbocycles. The van der Waals surface area contributed by atoms with Crippen LogP contribution in [0.4, 0.5) is 0 Å². The van der Waals surface area contributed by atoms with Gasteiger partial charge in [-0.05, 0) is 38.6 Å². The van der Waals surface area contributed by atoms with Crippen LogP contribution in [0.2, 0.25) is 0 Å². The van der Waals surface area contributed by atoms with E-state index in [2.05, 4.69) is 48.3 Å². The summed E-state index contributed by atoms with van der Waals surface area (Å²) in [5.41, 5.74) is 1.23. The zero-order valence-electron chi connectivity index (χ0n) is 16.0. The number of benzene rings is 1. The molecule has 0 saturated carbocycles. The SMILES string of the molecule is CCNC(=NCC1CN(C)CCO1)N(C)Cc1ccc(OCC)cc1. The highest BCUT2D eigenvalue weighted by Crippen LogP contribution is 2.13. The van der Waals surface area contributed by atoms with Crippen LogP contribution in [0.3, 0.4) is 0 Å². The second-order valence-corrected chi connectivity index (χ2v) is 6.38. The van der Waals surface area contributed by atoms with Crippen molar-refractivity contribution in [2.45, 2.75) is 26.5 Å². The van der Waals surface area contributed by atoms with Gasteiger partial charge in [-0.3, -0.25) is 4.99 Å². The van der Waals surface area contributed by atoms with Crippen LogP contribution in [0, 0.1) is 0 Å². The largest absolute Gasteiger partial charge is 0.494 e. The highest BCUT2D eigenvalue weighted by molar-refractivity contribution is 5.79. The van der Waals surface area contributed by atoms with Crippen molar-refractivity contribution >= 4 is 5.96 Å². The van der Waals surface area contributed by atoms with Gasteiger partial charge in [0.05, 0.1) is 25.9 Å². The van der Waals surface area contributed by atoms with E-state index in [4.69, 9.17) is 14.5 Å². The molecule has 1 atom stereocenters. The second-order valence-electron chi connectivity index (χ2n) is 6.38. The zero-order valence-corrected chi connectivity index (χ0v) is 16.0. The van der Waals surface area contributed by atoms with Crippen molar-refractivity contribution in [3.05, 3.63) is 29.8 Å². The van der Waals surface area contributed by atoms with Crippen LogP contribution in [0.5, 0.6) is 5.75 Å². The van der Waals surface area contributed by atoms with Gasteiger partial charge < -0.3 is 24.6 Å². The number of guanidine groups is 1. The molecule has 1 aromatic carbocycles. The number of aliphatic imine (C=N–C) groups is 1. The van der Waals surface area contributed by atoms with Gasteiger partial charge >= 0.3 is 0 Å². The minimum atomic E-state index is 0.172. The first-order chi connectivity index (χ1) is 12.1. The Morgan fingerprint density at radius 2 is 2.12 bits per heavy atom. The fourth-order valence-corrected chi connectivity index (χ4v) is 2.84. The Bertz CT molecular complexity index is 533. The Balaban J connectivity index is 1.93. The van der Waals surface area contributed by atoms with Crippen molar-refractivity contribution in [2.24, 2.45) is 4.99 Å². The van der Waals surface area contributed by atoms with Crippen LogP contribution >= 0.6 is 0 Å². The number of ether oxygens (including phenoxy) is 2. The first-order valence-electron chi connectivity index (χ1n) is 9.13. The third kappa shape index (κ3) is 6.55. The van der Waals surface area contributed by atoms with Gasteiger partial charge in [-0.15, -0.1) is 0 Å². The molecule has 1 N–H and O–H groups in total. The summed E-state index contributed by atoms with van der Waals surface area (Å²) in [6.45, 7) is 9.81. The second kappa shape index (κ2) is 10.3. The molecule has 0 aromatic heterocycles. The van der Waals surface area contributed by atoms with Crippen LogP contribution in [0.1, 0.15) is 19.4 Å². The van der Waals surface area contributed by atoms with E-state index in [0.29, 0.717) is 13.2 Å². The molecular formula is C19H32N4O2. The first kappa shape index (κ1) is 19.5. The highest BCUT2D eigenvalue weighted by atomic mass is 16.5. The van der Waals surface area contributed by atoms with E-state index >= 15 is 0 Å². The Morgan fingerprint density at radius 3 is 2.76 bits per heavy atom. The van der Waals surface area contributed by atoms with Crippen LogP contribution in [0.25, 0.3) is 0 Å². The molecule has 1 unspecified atom stereocenters. The predicted molar refractivity (Wildman–Crippen MR) is 102 cm³/mol. The minimum Gasteiger partial charge on any atom is -0.494 e. The Labute approximate surface area is 151 Å². The monoisotopic (exact) mass is 348 g/mol. The molecule has 1 heterocycles. The van der Waals surface area contributed by atoms with Gasteiger partial charge in [0, 0.05) is 33.2 Å². The van der Waals surface area contributed by atoms with Crippen molar-refractivity contribution in [1.29, 1.82) is 0 Å². The molecule has 25 heavy (non-hydrogen) atoms. The third-order valence-electron chi connectivity index (χ3n) is 4.14. The lowest BCUT2D eigenvalue weighted by Crippen LogP contribution is -2.43. The molecule has 1 saturated heterocycles. The smallest absolute Gasteiger partial charge is 0.194 e. The number of hydrogen-bond donors (Lipinski definition) is 1. The number of likely N-dealkylation sites (N-methyl/N-ethyl adjacent to an activating group) is 1. The maximum absolute atomic E-state index is 5.80. The van der Waals surface area contributed by atoms with Gasteiger partial charge in [0.25, 0.3) is 0 Å². The van der Waals surface area contributed by atoms with Crippen molar-refractivity contribution < 1.29 is 9.47 Å². The Kier molecular flexibility index (Phi) is 8.01. The van der Waals surface area contributed by atoms with E-state index < -0.39 is 0 Å². The molecule has 0 radical (unpaired) electrons. The maximum Gasteiger partial charge on any atom is 0.194 e. The molecule has 1 fully saturated rings. The zero-order chi connectivity index (χ0) is 18.1. The van der Waals surface area contributed by atoms with E-state index in [9.17, 15) is 0 Å². The summed E-state index contributed by atoms with van der Waals surface area (Å²) in [4.78, 5) is 9.21. The highest BCUT2D eigenvalue weighted by Gasteiger charge is 2.17.